The van der Waals surface area contributed by atoms with Gasteiger partial charge in [0.15, 0.2) is 0 Å². The van der Waals surface area contributed by atoms with Crippen molar-refractivity contribution in [2.24, 2.45) is 0 Å². The van der Waals surface area contributed by atoms with Gasteiger partial charge >= 0.3 is 5.97 Å². The molecule has 1 heterocycles. The lowest BCUT2D eigenvalue weighted by atomic mass is 10.1. The van der Waals surface area contributed by atoms with E-state index in [-0.39, 0.29) is 22.6 Å². The quantitative estimate of drug-likeness (QED) is 0.850. The Hall–Kier alpha value is -1.44. The smallest absolute Gasteiger partial charge is 0.338 e. The monoisotopic (exact) mass is 327 g/mol. The van der Waals surface area contributed by atoms with Crippen molar-refractivity contribution in [3.05, 3.63) is 29.3 Å². The first-order valence-corrected chi connectivity index (χ1v) is 8.65. The summed E-state index contributed by atoms with van der Waals surface area (Å²) in [4.78, 5) is 11.8. The third kappa shape index (κ3) is 3.66. The molecule has 0 unspecified atom stereocenters. The fraction of sp³-hybridized carbons (Fsp3) is 0.533. The van der Waals surface area contributed by atoms with Crippen molar-refractivity contribution in [2.75, 3.05) is 13.7 Å². The van der Waals surface area contributed by atoms with Gasteiger partial charge in [0, 0.05) is 12.6 Å². The van der Waals surface area contributed by atoms with E-state index in [9.17, 15) is 13.2 Å². The van der Waals surface area contributed by atoms with Crippen molar-refractivity contribution in [1.29, 1.82) is 0 Å². The van der Waals surface area contributed by atoms with Crippen LogP contribution in [0.3, 0.4) is 0 Å². The molecule has 0 aliphatic carbocycles. The van der Waals surface area contributed by atoms with Crippen LogP contribution < -0.4 is 4.72 Å². The molecule has 2 atom stereocenters. The fourth-order valence-corrected chi connectivity index (χ4v) is 4.18. The molecule has 1 aromatic rings. The number of ether oxygens (including phenoxy) is 2. The lowest BCUT2D eigenvalue weighted by Gasteiger charge is -2.28. The van der Waals surface area contributed by atoms with Gasteiger partial charge in [-0.05, 0) is 44.4 Å². The molecule has 1 saturated heterocycles. The Morgan fingerprint density at radius 2 is 2.14 bits per heavy atom. The highest BCUT2D eigenvalue weighted by molar-refractivity contribution is 7.89. The Balaban J connectivity index is 2.28. The fourth-order valence-electron chi connectivity index (χ4n) is 2.62. The van der Waals surface area contributed by atoms with Gasteiger partial charge in [0.1, 0.15) is 0 Å². The number of esters is 1. The summed E-state index contributed by atoms with van der Waals surface area (Å²) in [7, 11) is -2.42. The zero-order chi connectivity index (χ0) is 16.3. The van der Waals surface area contributed by atoms with E-state index in [0.717, 1.165) is 0 Å². The largest absolute Gasteiger partial charge is 0.465 e. The number of sulfonamides is 1. The minimum Gasteiger partial charge on any atom is -0.465 e. The predicted octanol–water partition coefficient (Wildman–Crippen LogP) is 1.63. The first-order chi connectivity index (χ1) is 10.3. The molecule has 0 bridgehead atoms. The van der Waals surface area contributed by atoms with E-state index in [1.54, 1.807) is 19.1 Å². The number of nitrogens with one attached hydrogen (secondary N) is 1. The summed E-state index contributed by atoms with van der Waals surface area (Å²) in [5.74, 6) is -0.547. The number of hydrogen-bond acceptors (Lipinski definition) is 5. The van der Waals surface area contributed by atoms with Crippen molar-refractivity contribution in [2.45, 2.75) is 43.7 Å². The maximum Gasteiger partial charge on any atom is 0.338 e. The van der Waals surface area contributed by atoms with Crippen molar-refractivity contribution >= 4 is 16.0 Å². The number of hydrogen-bond donors (Lipinski definition) is 1. The molecule has 1 N–H and O–H groups in total. The van der Waals surface area contributed by atoms with E-state index in [1.165, 1.54) is 13.2 Å². The average Bonchev–Trinajstić information content (AvgIpc) is 2.46. The normalized spacial score (nSPS) is 22.3. The molecular formula is C15H21NO5S. The molecule has 0 spiro atoms. The Morgan fingerprint density at radius 3 is 2.77 bits per heavy atom. The molecule has 22 heavy (non-hydrogen) atoms. The maximum absolute atomic E-state index is 12.6. The van der Waals surface area contributed by atoms with Gasteiger partial charge in [0.25, 0.3) is 0 Å². The van der Waals surface area contributed by atoms with Crippen molar-refractivity contribution in [3.8, 4) is 0 Å². The van der Waals surface area contributed by atoms with Gasteiger partial charge in [-0.1, -0.05) is 6.07 Å². The molecule has 122 valence electrons. The van der Waals surface area contributed by atoms with Crippen molar-refractivity contribution in [3.63, 3.8) is 0 Å². The van der Waals surface area contributed by atoms with Crippen LogP contribution in [0.5, 0.6) is 0 Å². The number of carbonyl (C=O) groups is 1. The van der Waals surface area contributed by atoms with E-state index < -0.39 is 16.0 Å². The van der Waals surface area contributed by atoms with Crippen LogP contribution in [0, 0.1) is 6.92 Å². The standard InChI is InChI=1S/C15H21NO5S/c1-10-9-12(7-8-21-10)16-22(18,19)14-6-4-5-13(11(14)2)15(17)20-3/h4-6,10,12,16H,7-9H2,1-3H3/t10-,12-/m0/s1. The summed E-state index contributed by atoms with van der Waals surface area (Å²) >= 11 is 0. The Morgan fingerprint density at radius 1 is 1.41 bits per heavy atom. The van der Waals surface area contributed by atoms with E-state index in [4.69, 9.17) is 4.74 Å². The van der Waals surface area contributed by atoms with Crippen LogP contribution in [0.25, 0.3) is 0 Å². The molecule has 0 amide bonds. The summed E-state index contributed by atoms with van der Waals surface area (Å²) < 4.78 is 38.0. The van der Waals surface area contributed by atoms with Gasteiger partial charge in [-0.25, -0.2) is 17.9 Å². The molecule has 1 aliphatic rings. The van der Waals surface area contributed by atoms with Crippen molar-refractivity contribution < 1.29 is 22.7 Å². The van der Waals surface area contributed by atoms with Crippen LogP contribution in [-0.4, -0.2) is 40.2 Å². The average molecular weight is 327 g/mol. The second-order valence-corrected chi connectivity index (χ2v) is 7.13. The number of benzene rings is 1. The zero-order valence-corrected chi connectivity index (χ0v) is 13.8. The zero-order valence-electron chi connectivity index (χ0n) is 13.0. The Kier molecular flexibility index (Phi) is 5.20. The van der Waals surface area contributed by atoms with Gasteiger partial charge in [0.2, 0.25) is 10.0 Å². The Bertz CT molecular complexity index is 656. The van der Waals surface area contributed by atoms with Crippen LogP contribution in [0.15, 0.2) is 23.1 Å². The predicted molar refractivity (Wildman–Crippen MR) is 81.3 cm³/mol. The third-order valence-electron chi connectivity index (χ3n) is 3.79. The minimum absolute atomic E-state index is 0.0314. The molecular weight excluding hydrogens is 306 g/mol. The molecule has 1 fully saturated rings. The molecule has 0 aromatic heterocycles. The van der Waals surface area contributed by atoms with Crippen LogP contribution in [0.1, 0.15) is 35.7 Å². The van der Waals surface area contributed by atoms with Gasteiger partial charge in [-0.15, -0.1) is 0 Å². The lowest BCUT2D eigenvalue weighted by molar-refractivity contribution is 0.0173. The summed E-state index contributed by atoms with van der Waals surface area (Å²) in [5.41, 5.74) is 0.646. The minimum atomic E-state index is -3.69. The maximum atomic E-state index is 12.6. The first kappa shape index (κ1) is 16.9. The number of methoxy groups -OCH3 is 1. The SMILES string of the molecule is COC(=O)c1cccc(S(=O)(=O)N[C@H]2CCO[C@@H](C)C2)c1C. The van der Waals surface area contributed by atoms with Crippen LogP contribution in [0.4, 0.5) is 0 Å². The van der Waals surface area contributed by atoms with Gasteiger partial charge < -0.3 is 9.47 Å². The first-order valence-electron chi connectivity index (χ1n) is 7.17. The Labute approximate surface area is 130 Å². The molecule has 7 heteroatoms. The van der Waals surface area contributed by atoms with Gasteiger partial charge in [0.05, 0.1) is 23.7 Å². The van der Waals surface area contributed by atoms with Crippen LogP contribution in [0.2, 0.25) is 0 Å². The number of carbonyl (C=O) groups excluding carboxylic acids is 1. The summed E-state index contributed by atoms with van der Waals surface area (Å²) in [6.07, 6.45) is 1.30. The van der Waals surface area contributed by atoms with E-state index in [1.807, 2.05) is 6.92 Å². The van der Waals surface area contributed by atoms with Gasteiger partial charge in [-0.3, -0.25) is 0 Å². The lowest BCUT2D eigenvalue weighted by Crippen LogP contribution is -2.41. The van der Waals surface area contributed by atoms with Gasteiger partial charge in [-0.2, -0.15) is 0 Å². The third-order valence-corrected chi connectivity index (χ3v) is 5.45. The summed E-state index contributed by atoms with van der Waals surface area (Å²) in [5, 5.41) is 0. The van der Waals surface area contributed by atoms with E-state index in [2.05, 4.69) is 9.46 Å². The van der Waals surface area contributed by atoms with Crippen molar-refractivity contribution in [1.82, 2.24) is 4.72 Å². The molecule has 0 radical (unpaired) electrons. The molecule has 1 aromatic carbocycles. The molecule has 1 aliphatic heterocycles. The number of rotatable bonds is 4. The summed E-state index contributed by atoms with van der Waals surface area (Å²) in [6, 6.07) is 4.43. The van der Waals surface area contributed by atoms with E-state index in [0.29, 0.717) is 25.0 Å². The highest BCUT2D eigenvalue weighted by Crippen LogP contribution is 2.22. The second kappa shape index (κ2) is 6.76. The van der Waals surface area contributed by atoms with E-state index >= 15 is 0 Å². The van der Waals surface area contributed by atoms with Crippen LogP contribution >= 0.6 is 0 Å². The molecule has 6 nitrogen and oxygen atoms in total. The molecule has 0 saturated carbocycles. The second-order valence-electron chi connectivity index (χ2n) is 5.44. The topological polar surface area (TPSA) is 81.7 Å². The highest BCUT2D eigenvalue weighted by Gasteiger charge is 2.27. The molecule has 2 rings (SSSR count). The van der Waals surface area contributed by atoms with Crippen LogP contribution in [-0.2, 0) is 19.5 Å². The highest BCUT2D eigenvalue weighted by atomic mass is 32.2. The summed E-state index contributed by atoms with van der Waals surface area (Å²) in [6.45, 7) is 4.06.